The average molecular weight is 405 g/mol. The maximum atomic E-state index is 12.8. The summed E-state index contributed by atoms with van der Waals surface area (Å²) in [5.41, 5.74) is 5.79. The summed E-state index contributed by atoms with van der Waals surface area (Å²) in [6.45, 7) is 4.25. The van der Waals surface area contributed by atoms with Crippen molar-refractivity contribution >= 4 is 5.91 Å². The standard InChI is InChI=1S/C24H27N3O3/c1-16-7-5-9-19(13-16)30-15-18(28)14-25-24(29)23-20-10-6-12-22(20)27(26-23)21-11-4-3-8-17(21)2/h3-5,7-9,11,13,18,28H,6,10,12,14-15H2,1-2H3,(H,25,29). The molecule has 2 N–H and O–H groups in total. The minimum absolute atomic E-state index is 0.108. The minimum atomic E-state index is -0.805. The SMILES string of the molecule is Cc1cccc(OCC(O)CNC(=O)c2nn(-c3ccccc3C)c3c2CCC3)c1. The average Bonchev–Trinajstić information content (AvgIpc) is 3.34. The topological polar surface area (TPSA) is 76.4 Å². The molecule has 1 aliphatic carbocycles. The van der Waals surface area contributed by atoms with Crippen LogP contribution in [0.1, 0.15) is 39.3 Å². The van der Waals surface area contributed by atoms with E-state index in [4.69, 9.17) is 4.74 Å². The number of nitrogens with one attached hydrogen (secondary N) is 1. The molecule has 1 amide bonds. The fourth-order valence-corrected chi connectivity index (χ4v) is 3.87. The molecule has 0 radical (unpaired) electrons. The monoisotopic (exact) mass is 405 g/mol. The molecule has 1 aliphatic rings. The molecule has 0 spiro atoms. The molecule has 1 atom stereocenters. The van der Waals surface area contributed by atoms with E-state index in [-0.39, 0.29) is 19.1 Å². The van der Waals surface area contributed by atoms with Crippen molar-refractivity contribution in [2.75, 3.05) is 13.2 Å². The van der Waals surface area contributed by atoms with Gasteiger partial charge in [0.25, 0.3) is 5.91 Å². The third-order valence-electron chi connectivity index (χ3n) is 5.42. The van der Waals surface area contributed by atoms with E-state index < -0.39 is 6.10 Å². The zero-order valence-corrected chi connectivity index (χ0v) is 17.4. The van der Waals surface area contributed by atoms with Crippen molar-refractivity contribution in [1.82, 2.24) is 15.1 Å². The highest BCUT2D eigenvalue weighted by atomic mass is 16.5. The molecule has 2 aromatic carbocycles. The lowest BCUT2D eigenvalue weighted by atomic mass is 10.1. The third-order valence-corrected chi connectivity index (χ3v) is 5.42. The van der Waals surface area contributed by atoms with E-state index in [1.165, 1.54) is 0 Å². The predicted molar refractivity (Wildman–Crippen MR) is 115 cm³/mol. The first-order valence-corrected chi connectivity index (χ1v) is 10.4. The van der Waals surface area contributed by atoms with Crippen LogP contribution >= 0.6 is 0 Å². The van der Waals surface area contributed by atoms with Gasteiger partial charge in [0, 0.05) is 17.8 Å². The van der Waals surface area contributed by atoms with E-state index in [0.717, 1.165) is 47.3 Å². The van der Waals surface area contributed by atoms with Gasteiger partial charge in [0.2, 0.25) is 0 Å². The van der Waals surface area contributed by atoms with Crippen molar-refractivity contribution in [3.05, 3.63) is 76.6 Å². The second-order valence-electron chi connectivity index (χ2n) is 7.82. The van der Waals surface area contributed by atoms with Gasteiger partial charge < -0.3 is 15.2 Å². The Balaban J connectivity index is 1.41. The third kappa shape index (κ3) is 4.24. The lowest BCUT2D eigenvalue weighted by Gasteiger charge is -2.13. The van der Waals surface area contributed by atoms with Crippen molar-refractivity contribution in [3.63, 3.8) is 0 Å². The number of aromatic nitrogens is 2. The molecule has 6 nitrogen and oxygen atoms in total. The Morgan fingerprint density at radius 1 is 1.20 bits per heavy atom. The van der Waals surface area contributed by atoms with Crippen molar-refractivity contribution < 1.29 is 14.6 Å². The number of nitrogens with zero attached hydrogens (tertiary/aromatic N) is 2. The van der Waals surface area contributed by atoms with Gasteiger partial charge in [-0.1, -0.05) is 30.3 Å². The van der Waals surface area contributed by atoms with Gasteiger partial charge in [-0.3, -0.25) is 4.79 Å². The summed E-state index contributed by atoms with van der Waals surface area (Å²) in [6, 6.07) is 15.7. The summed E-state index contributed by atoms with van der Waals surface area (Å²) < 4.78 is 7.52. The summed E-state index contributed by atoms with van der Waals surface area (Å²) in [5, 5.41) is 17.7. The Kier molecular flexibility index (Phi) is 5.86. The number of carbonyl (C=O) groups excluding carboxylic acids is 1. The quantitative estimate of drug-likeness (QED) is 0.633. The summed E-state index contributed by atoms with van der Waals surface area (Å²) in [6.07, 6.45) is 1.98. The van der Waals surface area contributed by atoms with Gasteiger partial charge in [-0.2, -0.15) is 5.10 Å². The van der Waals surface area contributed by atoms with E-state index in [1.807, 2.05) is 67.1 Å². The first-order valence-electron chi connectivity index (χ1n) is 10.4. The van der Waals surface area contributed by atoms with Gasteiger partial charge in [0.1, 0.15) is 18.5 Å². The highest BCUT2D eigenvalue weighted by Gasteiger charge is 2.27. The highest BCUT2D eigenvalue weighted by molar-refractivity contribution is 5.94. The van der Waals surface area contributed by atoms with Gasteiger partial charge in [0.05, 0.1) is 5.69 Å². The number of amides is 1. The number of para-hydroxylation sites is 1. The molecule has 1 heterocycles. The molecule has 30 heavy (non-hydrogen) atoms. The Morgan fingerprint density at radius 2 is 2.03 bits per heavy atom. The van der Waals surface area contributed by atoms with Crippen LogP contribution in [0.2, 0.25) is 0 Å². The van der Waals surface area contributed by atoms with Gasteiger partial charge in [-0.25, -0.2) is 4.68 Å². The highest BCUT2D eigenvalue weighted by Crippen LogP contribution is 2.28. The number of hydrogen-bond acceptors (Lipinski definition) is 4. The Morgan fingerprint density at radius 3 is 2.83 bits per heavy atom. The van der Waals surface area contributed by atoms with Crippen LogP contribution in [0.3, 0.4) is 0 Å². The van der Waals surface area contributed by atoms with Crippen molar-refractivity contribution in [1.29, 1.82) is 0 Å². The van der Waals surface area contributed by atoms with Crippen LogP contribution in [0.5, 0.6) is 5.75 Å². The van der Waals surface area contributed by atoms with Crippen LogP contribution in [0, 0.1) is 13.8 Å². The molecule has 1 aromatic heterocycles. The maximum Gasteiger partial charge on any atom is 0.272 e. The number of carbonyl (C=O) groups is 1. The van der Waals surface area contributed by atoms with E-state index in [2.05, 4.69) is 10.4 Å². The zero-order valence-electron chi connectivity index (χ0n) is 17.4. The van der Waals surface area contributed by atoms with Gasteiger partial charge in [-0.05, 0) is 62.4 Å². The molecule has 4 rings (SSSR count). The van der Waals surface area contributed by atoms with Crippen molar-refractivity contribution in [2.24, 2.45) is 0 Å². The lowest BCUT2D eigenvalue weighted by Crippen LogP contribution is -2.35. The normalized spacial score (nSPS) is 13.7. The summed E-state index contributed by atoms with van der Waals surface area (Å²) in [4.78, 5) is 12.8. The van der Waals surface area contributed by atoms with Crippen LogP contribution < -0.4 is 10.1 Å². The van der Waals surface area contributed by atoms with Crippen molar-refractivity contribution in [2.45, 2.75) is 39.2 Å². The number of benzene rings is 2. The number of aryl methyl sites for hydroxylation is 2. The van der Waals surface area contributed by atoms with Gasteiger partial charge in [-0.15, -0.1) is 0 Å². The fourth-order valence-electron chi connectivity index (χ4n) is 3.87. The van der Waals surface area contributed by atoms with Crippen LogP contribution in [-0.4, -0.2) is 40.0 Å². The minimum Gasteiger partial charge on any atom is -0.491 e. The Hall–Kier alpha value is -3.12. The van der Waals surface area contributed by atoms with Gasteiger partial charge in [0.15, 0.2) is 5.69 Å². The van der Waals surface area contributed by atoms with E-state index in [0.29, 0.717) is 11.4 Å². The molecule has 0 bridgehead atoms. The molecule has 0 saturated carbocycles. The van der Waals surface area contributed by atoms with Crippen LogP contribution in [-0.2, 0) is 12.8 Å². The molecule has 156 valence electrons. The first-order chi connectivity index (χ1) is 14.5. The van der Waals surface area contributed by atoms with Crippen LogP contribution in [0.15, 0.2) is 48.5 Å². The Bertz CT molecular complexity index is 1060. The van der Waals surface area contributed by atoms with E-state index >= 15 is 0 Å². The molecule has 6 heteroatoms. The number of aliphatic hydroxyl groups is 1. The lowest BCUT2D eigenvalue weighted by molar-refractivity contribution is 0.0838. The molecule has 1 unspecified atom stereocenters. The largest absolute Gasteiger partial charge is 0.491 e. The number of rotatable bonds is 7. The fraction of sp³-hybridized carbons (Fsp3) is 0.333. The van der Waals surface area contributed by atoms with E-state index in [1.54, 1.807) is 0 Å². The zero-order chi connectivity index (χ0) is 21.1. The van der Waals surface area contributed by atoms with Crippen LogP contribution in [0.25, 0.3) is 5.69 Å². The molecular formula is C24H27N3O3. The molecular weight excluding hydrogens is 378 g/mol. The molecule has 3 aromatic rings. The summed E-state index contributed by atoms with van der Waals surface area (Å²) in [5.74, 6) is 0.449. The van der Waals surface area contributed by atoms with Crippen molar-refractivity contribution in [3.8, 4) is 11.4 Å². The van der Waals surface area contributed by atoms with E-state index in [9.17, 15) is 9.90 Å². The number of hydrogen-bond donors (Lipinski definition) is 2. The molecule has 0 aliphatic heterocycles. The second kappa shape index (κ2) is 8.71. The predicted octanol–water partition coefficient (Wildman–Crippen LogP) is 3.15. The molecule has 0 fully saturated rings. The Labute approximate surface area is 176 Å². The number of fused-ring (bicyclic) bond motifs is 1. The summed E-state index contributed by atoms with van der Waals surface area (Å²) in [7, 11) is 0. The maximum absolute atomic E-state index is 12.8. The smallest absolute Gasteiger partial charge is 0.272 e. The molecule has 0 saturated heterocycles. The number of ether oxygens (including phenoxy) is 1. The summed E-state index contributed by atoms with van der Waals surface area (Å²) >= 11 is 0. The number of aliphatic hydroxyl groups excluding tert-OH is 1. The van der Waals surface area contributed by atoms with Crippen LogP contribution in [0.4, 0.5) is 0 Å². The first kappa shape index (κ1) is 20.2. The second-order valence-corrected chi connectivity index (χ2v) is 7.82. The van der Waals surface area contributed by atoms with Gasteiger partial charge >= 0.3 is 0 Å².